The van der Waals surface area contributed by atoms with E-state index in [1.54, 1.807) is 0 Å². The molecule has 0 saturated carbocycles. The van der Waals surface area contributed by atoms with E-state index in [-0.39, 0.29) is 0 Å². The SMILES string of the molecule is S=c1[nH]nc(NCCc2cccc3cccnc23)s1. The van der Waals surface area contributed by atoms with E-state index < -0.39 is 0 Å². The fourth-order valence-electron chi connectivity index (χ4n) is 1.98. The lowest BCUT2D eigenvalue weighted by molar-refractivity contribution is 0.996. The number of aromatic amines is 1. The van der Waals surface area contributed by atoms with Gasteiger partial charge in [-0.05, 0) is 30.3 Å². The van der Waals surface area contributed by atoms with Gasteiger partial charge in [-0.2, -0.15) is 0 Å². The number of nitrogens with one attached hydrogen (secondary N) is 2. The van der Waals surface area contributed by atoms with Gasteiger partial charge in [-0.1, -0.05) is 35.6 Å². The third kappa shape index (κ3) is 2.80. The Balaban J connectivity index is 1.73. The van der Waals surface area contributed by atoms with E-state index >= 15 is 0 Å². The number of nitrogens with zero attached hydrogens (tertiary/aromatic N) is 2. The van der Waals surface area contributed by atoms with Gasteiger partial charge >= 0.3 is 0 Å². The fraction of sp³-hybridized carbons (Fsp3) is 0.154. The lowest BCUT2D eigenvalue weighted by atomic mass is 10.1. The van der Waals surface area contributed by atoms with Crippen LogP contribution in [0.15, 0.2) is 36.5 Å². The number of pyridine rings is 1. The van der Waals surface area contributed by atoms with Crippen LogP contribution in [0, 0.1) is 3.95 Å². The Kier molecular flexibility index (Phi) is 3.52. The summed E-state index contributed by atoms with van der Waals surface area (Å²) < 4.78 is 0.689. The molecule has 1 aromatic carbocycles. The lowest BCUT2D eigenvalue weighted by Crippen LogP contribution is -2.05. The van der Waals surface area contributed by atoms with Gasteiger partial charge in [0.2, 0.25) is 5.13 Å². The normalized spacial score (nSPS) is 10.7. The quantitative estimate of drug-likeness (QED) is 0.722. The molecule has 0 spiro atoms. The van der Waals surface area contributed by atoms with Crippen molar-refractivity contribution in [1.29, 1.82) is 0 Å². The highest BCUT2D eigenvalue weighted by Gasteiger charge is 2.02. The molecule has 19 heavy (non-hydrogen) atoms. The summed E-state index contributed by atoms with van der Waals surface area (Å²) in [6.07, 6.45) is 2.74. The summed E-state index contributed by atoms with van der Waals surface area (Å²) in [7, 11) is 0. The Hall–Kier alpha value is -1.79. The number of H-pyrrole nitrogens is 1. The molecular weight excluding hydrogens is 276 g/mol. The van der Waals surface area contributed by atoms with Crippen LogP contribution in [0.2, 0.25) is 0 Å². The molecule has 96 valence electrons. The predicted octanol–water partition coefficient (Wildman–Crippen LogP) is 3.40. The predicted molar refractivity (Wildman–Crippen MR) is 81.2 cm³/mol. The second-order valence-electron chi connectivity index (χ2n) is 4.09. The highest BCUT2D eigenvalue weighted by molar-refractivity contribution is 7.73. The zero-order valence-electron chi connectivity index (χ0n) is 10.1. The van der Waals surface area contributed by atoms with Crippen molar-refractivity contribution in [2.45, 2.75) is 6.42 Å². The molecule has 0 bridgehead atoms. The maximum atomic E-state index is 4.99. The van der Waals surface area contributed by atoms with Crippen LogP contribution in [0.1, 0.15) is 5.56 Å². The molecular formula is C13H12N4S2. The molecule has 0 aliphatic carbocycles. The molecule has 2 heterocycles. The first kappa shape index (κ1) is 12.3. The summed E-state index contributed by atoms with van der Waals surface area (Å²) in [6, 6.07) is 10.3. The number of fused-ring (bicyclic) bond motifs is 1. The average molecular weight is 288 g/mol. The fourth-order valence-corrected chi connectivity index (χ4v) is 2.79. The van der Waals surface area contributed by atoms with Gasteiger partial charge in [0.1, 0.15) is 0 Å². The summed E-state index contributed by atoms with van der Waals surface area (Å²) in [5.74, 6) is 0. The molecule has 0 fully saturated rings. The lowest BCUT2D eigenvalue weighted by Gasteiger charge is -2.05. The number of rotatable bonds is 4. The van der Waals surface area contributed by atoms with Crippen molar-refractivity contribution in [2.75, 3.05) is 11.9 Å². The summed E-state index contributed by atoms with van der Waals surface area (Å²) in [5, 5.41) is 12.1. The first-order valence-electron chi connectivity index (χ1n) is 5.95. The largest absolute Gasteiger partial charge is 0.360 e. The van der Waals surface area contributed by atoms with Gasteiger partial charge in [-0.15, -0.1) is 5.10 Å². The van der Waals surface area contributed by atoms with E-state index in [9.17, 15) is 0 Å². The Morgan fingerprint density at radius 2 is 2.16 bits per heavy atom. The van der Waals surface area contributed by atoms with Gasteiger partial charge in [0.25, 0.3) is 0 Å². The Morgan fingerprint density at radius 3 is 3.00 bits per heavy atom. The number of anilines is 1. The minimum atomic E-state index is 0.689. The molecule has 2 N–H and O–H groups in total. The second kappa shape index (κ2) is 5.46. The minimum absolute atomic E-state index is 0.689. The van der Waals surface area contributed by atoms with Crippen LogP contribution < -0.4 is 5.32 Å². The van der Waals surface area contributed by atoms with Crippen LogP contribution in [0.25, 0.3) is 10.9 Å². The van der Waals surface area contributed by atoms with Gasteiger partial charge in [0.05, 0.1) is 5.52 Å². The van der Waals surface area contributed by atoms with Gasteiger partial charge in [-0.25, -0.2) is 0 Å². The topological polar surface area (TPSA) is 53.6 Å². The summed E-state index contributed by atoms with van der Waals surface area (Å²) in [5.41, 5.74) is 2.31. The summed E-state index contributed by atoms with van der Waals surface area (Å²) >= 11 is 6.44. The number of hydrogen-bond donors (Lipinski definition) is 2. The second-order valence-corrected chi connectivity index (χ2v) is 5.75. The van der Waals surface area contributed by atoms with E-state index in [1.165, 1.54) is 22.3 Å². The van der Waals surface area contributed by atoms with Crippen molar-refractivity contribution >= 4 is 39.6 Å². The monoisotopic (exact) mass is 288 g/mol. The van der Waals surface area contributed by atoms with Crippen molar-refractivity contribution in [2.24, 2.45) is 0 Å². The number of para-hydroxylation sites is 1. The first-order valence-corrected chi connectivity index (χ1v) is 7.17. The molecule has 3 aromatic rings. The third-order valence-corrected chi connectivity index (χ3v) is 3.87. The first-order chi connectivity index (χ1) is 9.33. The van der Waals surface area contributed by atoms with Gasteiger partial charge in [0, 0.05) is 18.1 Å². The number of hydrogen-bond acceptors (Lipinski definition) is 5. The van der Waals surface area contributed by atoms with Gasteiger partial charge in [0.15, 0.2) is 3.95 Å². The molecule has 3 rings (SSSR count). The van der Waals surface area contributed by atoms with Crippen LogP contribution in [0.5, 0.6) is 0 Å². The zero-order chi connectivity index (χ0) is 13.1. The molecule has 6 heteroatoms. The minimum Gasteiger partial charge on any atom is -0.360 e. The standard InChI is InChI=1S/C13H12N4S2/c18-13-17-16-12(19-13)15-8-6-10-4-1-3-9-5-2-7-14-11(9)10/h1-5,7H,6,8H2,(H,15,16)(H,17,18). The van der Waals surface area contributed by atoms with Crippen LogP contribution in [-0.4, -0.2) is 21.7 Å². The van der Waals surface area contributed by atoms with E-state index in [0.717, 1.165) is 23.6 Å². The average Bonchev–Trinajstić information content (AvgIpc) is 2.85. The number of benzene rings is 1. The van der Waals surface area contributed by atoms with E-state index in [2.05, 4.69) is 44.8 Å². The molecule has 0 amide bonds. The maximum absolute atomic E-state index is 4.99. The maximum Gasteiger partial charge on any atom is 0.204 e. The molecule has 0 radical (unpaired) electrons. The number of aromatic nitrogens is 3. The molecule has 4 nitrogen and oxygen atoms in total. The van der Waals surface area contributed by atoms with Gasteiger partial charge in [-0.3, -0.25) is 10.1 Å². The Labute approximate surface area is 119 Å². The molecule has 2 aromatic heterocycles. The smallest absolute Gasteiger partial charge is 0.204 e. The Bertz CT molecular complexity index is 742. The van der Waals surface area contributed by atoms with Crippen molar-refractivity contribution in [3.63, 3.8) is 0 Å². The van der Waals surface area contributed by atoms with E-state index in [1.807, 2.05) is 12.3 Å². The van der Waals surface area contributed by atoms with Crippen LogP contribution in [-0.2, 0) is 6.42 Å². The molecule has 0 saturated heterocycles. The Morgan fingerprint density at radius 1 is 1.26 bits per heavy atom. The highest BCUT2D eigenvalue weighted by Crippen LogP contribution is 2.17. The van der Waals surface area contributed by atoms with E-state index in [0.29, 0.717) is 3.95 Å². The van der Waals surface area contributed by atoms with Crippen LogP contribution in [0.4, 0.5) is 5.13 Å². The molecule has 0 aliphatic rings. The molecule has 0 aliphatic heterocycles. The molecule has 0 unspecified atom stereocenters. The van der Waals surface area contributed by atoms with Crippen LogP contribution >= 0.6 is 23.6 Å². The third-order valence-electron chi connectivity index (χ3n) is 2.82. The van der Waals surface area contributed by atoms with Crippen molar-refractivity contribution in [1.82, 2.24) is 15.2 Å². The highest BCUT2D eigenvalue weighted by atomic mass is 32.1. The van der Waals surface area contributed by atoms with Gasteiger partial charge < -0.3 is 5.32 Å². The van der Waals surface area contributed by atoms with Crippen molar-refractivity contribution in [3.05, 3.63) is 46.0 Å². The van der Waals surface area contributed by atoms with E-state index in [4.69, 9.17) is 12.2 Å². The van der Waals surface area contributed by atoms with Crippen LogP contribution in [0.3, 0.4) is 0 Å². The van der Waals surface area contributed by atoms with Crippen molar-refractivity contribution in [3.8, 4) is 0 Å². The summed E-state index contributed by atoms with van der Waals surface area (Å²) in [4.78, 5) is 4.45. The molecule has 0 atom stereocenters. The van der Waals surface area contributed by atoms with Crippen molar-refractivity contribution < 1.29 is 0 Å². The summed E-state index contributed by atoms with van der Waals surface area (Å²) in [6.45, 7) is 0.811. The zero-order valence-corrected chi connectivity index (χ0v) is 11.7.